The predicted octanol–water partition coefficient (Wildman–Crippen LogP) is -0.497. The molecule has 2 N–H and O–H groups in total. The second kappa shape index (κ2) is 2.99. The Morgan fingerprint density at radius 1 is 1.54 bits per heavy atom. The Hall–Kier alpha value is -1.11. The van der Waals surface area contributed by atoms with Gasteiger partial charge in [0, 0.05) is 13.3 Å². The number of aryl methyl sites for hydroxylation is 1. The van der Waals surface area contributed by atoms with Crippen molar-refractivity contribution < 1.29 is 8.42 Å². The lowest BCUT2D eigenvalue weighted by atomic mass is 10.5. The Bertz CT molecular complexity index is 389. The molecule has 0 spiro atoms. The summed E-state index contributed by atoms with van der Waals surface area (Å²) in [7, 11) is -1.54. The Kier molecular flexibility index (Phi) is 2.29. The summed E-state index contributed by atoms with van der Waals surface area (Å²) in [6, 6.07) is 0. The summed E-state index contributed by atoms with van der Waals surface area (Å²) in [5.74, 6) is 0.452. The normalized spacial score (nSPS) is 14.4. The number of aromatic nitrogens is 3. The minimum Gasteiger partial charge on any atom is -0.368 e. The molecular weight excluding hydrogens is 192 g/mol. The van der Waals surface area contributed by atoms with Crippen LogP contribution in [0.15, 0.2) is 0 Å². The van der Waals surface area contributed by atoms with Gasteiger partial charge in [-0.3, -0.25) is 0 Å². The van der Waals surface area contributed by atoms with Crippen LogP contribution in [-0.4, -0.2) is 29.4 Å². The third-order valence-corrected chi connectivity index (χ3v) is 3.31. The van der Waals surface area contributed by atoms with E-state index in [0.717, 1.165) is 6.26 Å². The molecule has 6 nitrogen and oxygen atoms in total. The molecule has 74 valence electrons. The van der Waals surface area contributed by atoms with Gasteiger partial charge in [-0.1, -0.05) is 0 Å². The first-order valence-electron chi connectivity index (χ1n) is 3.67. The van der Waals surface area contributed by atoms with Crippen LogP contribution in [-0.2, 0) is 16.9 Å². The van der Waals surface area contributed by atoms with Crippen LogP contribution in [0.25, 0.3) is 0 Å². The highest BCUT2D eigenvalue weighted by Gasteiger charge is 2.22. The molecule has 0 aliphatic carbocycles. The first-order valence-corrected chi connectivity index (χ1v) is 5.63. The number of hydrogen-bond acceptors (Lipinski definition) is 5. The zero-order chi connectivity index (χ0) is 10.2. The van der Waals surface area contributed by atoms with E-state index in [-0.39, 0.29) is 11.8 Å². The molecule has 0 amide bonds. The summed E-state index contributed by atoms with van der Waals surface area (Å²) in [4.78, 5) is 3.83. The molecule has 0 bridgehead atoms. The summed E-state index contributed by atoms with van der Waals surface area (Å²) in [5, 5.41) is 3.17. The van der Waals surface area contributed by atoms with Crippen LogP contribution in [0.1, 0.15) is 18.0 Å². The lowest BCUT2D eigenvalue weighted by molar-refractivity contribution is 0.588. The Morgan fingerprint density at radius 3 is 2.38 bits per heavy atom. The highest BCUT2D eigenvalue weighted by molar-refractivity contribution is 7.90. The van der Waals surface area contributed by atoms with Gasteiger partial charge in [0.15, 0.2) is 15.7 Å². The van der Waals surface area contributed by atoms with E-state index in [4.69, 9.17) is 5.73 Å². The average Bonchev–Trinajstić information content (AvgIpc) is 2.29. The summed E-state index contributed by atoms with van der Waals surface area (Å²) in [6.07, 6.45) is 1.14. The second-order valence-corrected chi connectivity index (χ2v) is 5.29. The summed E-state index contributed by atoms with van der Waals surface area (Å²) in [5.41, 5.74) is 5.42. The maximum Gasteiger partial charge on any atom is 0.218 e. The number of hydrogen-bond donors (Lipinski definition) is 1. The van der Waals surface area contributed by atoms with E-state index in [1.807, 2.05) is 0 Å². The largest absolute Gasteiger partial charge is 0.368 e. The van der Waals surface area contributed by atoms with Gasteiger partial charge in [-0.25, -0.2) is 13.1 Å². The molecule has 1 unspecified atom stereocenters. The predicted molar refractivity (Wildman–Crippen MR) is 48.7 cm³/mol. The summed E-state index contributed by atoms with van der Waals surface area (Å²) in [6.45, 7) is 1.53. The molecule has 0 aliphatic rings. The van der Waals surface area contributed by atoms with E-state index in [1.54, 1.807) is 7.05 Å². The summed E-state index contributed by atoms with van der Waals surface area (Å²) >= 11 is 0. The Balaban J connectivity index is 3.10. The number of nitrogen functional groups attached to an aromatic ring is 1. The number of nitrogens with zero attached hydrogens (tertiary/aromatic N) is 3. The van der Waals surface area contributed by atoms with Gasteiger partial charge in [0.2, 0.25) is 5.95 Å². The molecule has 1 aromatic rings. The molecular formula is C6H12N4O2S. The number of sulfone groups is 1. The van der Waals surface area contributed by atoms with Gasteiger partial charge in [0.05, 0.1) is 0 Å². The molecule has 1 rings (SSSR count). The summed E-state index contributed by atoms with van der Waals surface area (Å²) < 4.78 is 23.6. The van der Waals surface area contributed by atoms with Gasteiger partial charge in [0.25, 0.3) is 0 Å². The van der Waals surface area contributed by atoms with E-state index in [1.165, 1.54) is 11.6 Å². The van der Waals surface area contributed by atoms with Crippen molar-refractivity contribution in [2.24, 2.45) is 7.05 Å². The van der Waals surface area contributed by atoms with Crippen LogP contribution in [0.5, 0.6) is 0 Å². The quantitative estimate of drug-likeness (QED) is 0.701. The van der Waals surface area contributed by atoms with Crippen LogP contribution in [0, 0.1) is 0 Å². The zero-order valence-electron chi connectivity index (χ0n) is 7.72. The van der Waals surface area contributed by atoms with E-state index < -0.39 is 15.1 Å². The topological polar surface area (TPSA) is 90.9 Å². The molecule has 0 aromatic carbocycles. The monoisotopic (exact) mass is 204 g/mol. The molecule has 1 atom stereocenters. The molecule has 0 saturated carbocycles. The minimum atomic E-state index is -3.15. The molecule has 13 heavy (non-hydrogen) atoms. The molecule has 0 radical (unpaired) electrons. The maximum absolute atomic E-state index is 11.1. The fourth-order valence-electron chi connectivity index (χ4n) is 0.781. The molecule has 0 saturated heterocycles. The third-order valence-electron chi connectivity index (χ3n) is 1.82. The Labute approximate surface area is 76.7 Å². The highest BCUT2D eigenvalue weighted by atomic mass is 32.2. The number of rotatable bonds is 2. The first-order chi connectivity index (χ1) is 5.82. The van der Waals surface area contributed by atoms with Gasteiger partial charge in [-0.15, -0.1) is 0 Å². The highest BCUT2D eigenvalue weighted by Crippen LogP contribution is 2.17. The van der Waals surface area contributed by atoms with Crippen LogP contribution < -0.4 is 5.73 Å². The second-order valence-electron chi connectivity index (χ2n) is 2.92. The maximum atomic E-state index is 11.1. The number of nitrogens with two attached hydrogens (primary N) is 1. The van der Waals surface area contributed by atoms with E-state index in [9.17, 15) is 8.42 Å². The van der Waals surface area contributed by atoms with Crippen molar-refractivity contribution in [1.82, 2.24) is 14.8 Å². The van der Waals surface area contributed by atoms with Crippen LogP contribution in [0.3, 0.4) is 0 Å². The van der Waals surface area contributed by atoms with Gasteiger partial charge in [-0.2, -0.15) is 10.1 Å². The van der Waals surface area contributed by atoms with E-state index in [0.29, 0.717) is 0 Å². The standard InChI is InChI=1S/C6H12N4O2S/c1-4(13(3,11)12)5-8-6(7)10(2)9-5/h4H,1-3H3,(H2,7,8,9). The van der Waals surface area contributed by atoms with Crippen LogP contribution in [0.4, 0.5) is 5.95 Å². The Morgan fingerprint density at radius 2 is 2.08 bits per heavy atom. The third kappa shape index (κ3) is 1.97. The fraction of sp³-hybridized carbons (Fsp3) is 0.667. The number of anilines is 1. The lowest BCUT2D eigenvalue weighted by Crippen LogP contribution is -2.09. The zero-order valence-corrected chi connectivity index (χ0v) is 8.54. The molecule has 1 aromatic heterocycles. The average molecular weight is 204 g/mol. The molecule has 1 heterocycles. The van der Waals surface area contributed by atoms with Crippen LogP contribution in [0.2, 0.25) is 0 Å². The van der Waals surface area contributed by atoms with Gasteiger partial charge >= 0.3 is 0 Å². The van der Waals surface area contributed by atoms with Crippen molar-refractivity contribution >= 4 is 15.8 Å². The first kappa shape index (κ1) is 9.97. The molecule has 0 fully saturated rings. The SMILES string of the molecule is CC(c1nc(N)n(C)n1)S(C)(=O)=O. The molecule has 0 aliphatic heterocycles. The van der Waals surface area contributed by atoms with E-state index in [2.05, 4.69) is 10.1 Å². The fourth-order valence-corrected chi connectivity index (χ4v) is 1.26. The van der Waals surface area contributed by atoms with Crippen molar-refractivity contribution in [3.8, 4) is 0 Å². The molecule has 7 heteroatoms. The van der Waals surface area contributed by atoms with Crippen molar-refractivity contribution in [1.29, 1.82) is 0 Å². The smallest absolute Gasteiger partial charge is 0.218 e. The van der Waals surface area contributed by atoms with Crippen molar-refractivity contribution in [3.63, 3.8) is 0 Å². The minimum absolute atomic E-state index is 0.213. The van der Waals surface area contributed by atoms with Gasteiger partial charge in [0.1, 0.15) is 5.25 Å². The van der Waals surface area contributed by atoms with E-state index >= 15 is 0 Å². The van der Waals surface area contributed by atoms with Gasteiger partial charge < -0.3 is 5.73 Å². The van der Waals surface area contributed by atoms with Crippen molar-refractivity contribution in [2.45, 2.75) is 12.2 Å². The van der Waals surface area contributed by atoms with Crippen LogP contribution >= 0.6 is 0 Å². The van der Waals surface area contributed by atoms with Crippen molar-refractivity contribution in [3.05, 3.63) is 5.82 Å². The van der Waals surface area contributed by atoms with Crippen molar-refractivity contribution in [2.75, 3.05) is 12.0 Å². The van der Waals surface area contributed by atoms with Gasteiger partial charge in [-0.05, 0) is 6.92 Å². The lowest BCUT2D eigenvalue weighted by Gasteiger charge is -2.02.